The summed E-state index contributed by atoms with van der Waals surface area (Å²) in [6.07, 6.45) is 0. The van der Waals surface area contributed by atoms with Gasteiger partial charge in [0.05, 0.1) is 9.82 Å². The number of halogens is 1. The summed E-state index contributed by atoms with van der Waals surface area (Å²) in [4.78, 5) is 10.3. The SMILES string of the molecule is Cc1cc([N+](=O)[O-])ccc1S(=O)(=O)N1CCNC(C)C1.Cl. The van der Waals surface area contributed by atoms with Crippen LogP contribution in [0.1, 0.15) is 12.5 Å². The van der Waals surface area contributed by atoms with Gasteiger partial charge in [-0.1, -0.05) is 0 Å². The Morgan fingerprint density at radius 3 is 2.62 bits per heavy atom. The van der Waals surface area contributed by atoms with E-state index in [9.17, 15) is 18.5 Å². The average Bonchev–Trinajstić information content (AvgIpc) is 2.38. The molecule has 1 aliphatic rings. The summed E-state index contributed by atoms with van der Waals surface area (Å²) in [5, 5.41) is 13.9. The standard InChI is InChI=1S/C12H17N3O4S.ClH/c1-9-7-11(15(16)17)3-4-12(9)20(18,19)14-6-5-13-10(2)8-14;/h3-4,7,10,13H,5-6,8H2,1-2H3;1H. The molecule has 1 aromatic rings. The molecule has 2 rings (SSSR count). The minimum atomic E-state index is -3.60. The number of benzene rings is 1. The van der Waals surface area contributed by atoms with Crippen LogP contribution in [0.15, 0.2) is 23.1 Å². The zero-order valence-electron chi connectivity index (χ0n) is 11.8. The van der Waals surface area contributed by atoms with Crippen molar-refractivity contribution in [1.82, 2.24) is 9.62 Å². The van der Waals surface area contributed by atoms with E-state index < -0.39 is 14.9 Å². The Labute approximate surface area is 129 Å². The van der Waals surface area contributed by atoms with Gasteiger partial charge in [0.1, 0.15) is 0 Å². The second kappa shape index (κ2) is 6.69. The quantitative estimate of drug-likeness (QED) is 0.664. The van der Waals surface area contributed by atoms with Crippen LogP contribution in [0.2, 0.25) is 0 Å². The maximum absolute atomic E-state index is 12.6. The molecule has 1 saturated heterocycles. The van der Waals surface area contributed by atoms with E-state index in [1.54, 1.807) is 6.92 Å². The molecule has 7 nitrogen and oxygen atoms in total. The van der Waals surface area contributed by atoms with Gasteiger partial charge < -0.3 is 5.32 Å². The van der Waals surface area contributed by atoms with Gasteiger partial charge in [0.25, 0.3) is 5.69 Å². The summed E-state index contributed by atoms with van der Waals surface area (Å²) >= 11 is 0. The number of hydrogen-bond acceptors (Lipinski definition) is 5. The number of nitrogens with zero attached hydrogens (tertiary/aromatic N) is 2. The van der Waals surface area contributed by atoms with Crippen LogP contribution < -0.4 is 5.32 Å². The number of rotatable bonds is 3. The number of nitrogens with one attached hydrogen (secondary N) is 1. The molecule has 1 aliphatic heterocycles. The van der Waals surface area contributed by atoms with Crippen LogP contribution in [0, 0.1) is 17.0 Å². The monoisotopic (exact) mass is 335 g/mol. The molecule has 0 radical (unpaired) electrons. The highest BCUT2D eigenvalue weighted by Gasteiger charge is 2.30. The van der Waals surface area contributed by atoms with E-state index in [0.29, 0.717) is 25.2 Å². The average molecular weight is 336 g/mol. The first-order chi connectivity index (χ1) is 9.32. The minimum absolute atomic E-state index is 0. The van der Waals surface area contributed by atoms with E-state index in [0.717, 1.165) is 0 Å². The van der Waals surface area contributed by atoms with Crippen molar-refractivity contribution in [3.63, 3.8) is 0 Å². The van der Waals surface area contributed by atoms with E-state index in [2.05, 4.69) is 5.32 Å². The predicted octanol–water partition coefficient (Wildman–Crippen LogP) is 1.31. The van der Waals surface area contributed by atoms with Crippen molar-refractivity contribution < 1.29 is 13.3 Å². The van der Waals surface area contributed by atoms with Crippen molar-refractivity contribution in [3.05, 3.63) is 33.9 Å². The van der Waals surface area contributed by atoms with Gasteiger partial charge in [0.2, 0.25) is 10.0 Å². The summed E-state index contributed by atoms with van der Waals surface area (Å²) in [5.74, 6) is 0. The Morgan fingerprint density at radius 2 is 2.10 bits per heavy atom. The van der Waals surface area contributed by atoms with Crippen LogP contribution in [-0.4, -0.2) is 43.3 Å². The summed E-state index contributed by atoms with van der Waals surface area (Å²) in [6, 6.07) is 3.93. The third-order valence-electron chi connectivity index (χ3n) is 3.32. The number of hydrogen-bond donors (Lipinski definition) is 1. The van der Waals surface area contributed by atoms with Crippen molar-refractivity contribution in [1.29, 1.82) is 0 Å². The number of nitro groups is 1. The van der Waals surface area contributed by atoms with Crippen LogP contribution in [-0.2, 0) is 10.0 Å². The molecule has 1 atom stereocenters. The first-order valence-electron chi connectivity index (χ1n) is 6.31. The highest BCUT2D eigenvalue weighted by Crippen LogP contribution is 2.24. The fraction of sp³-hybridized carbons (Fsp3) is 0.500. The second-order valence-corrected chi connectivity index (χ2v) is 6.83. The topological polar surface area (TPSA) is 92.5 Å². The van der Waals surface area contributed by atoms with E-state index >= 15 is 0 Å². The van der Waals surface area contributed by atoms with Crippen molar-refractivity contribution in [2.45, 2.75) is 24.8 Å². The number of non-ortho nitro benzene ring substituents is 1. The van der Waals surface area contributed by atoms with E-state index in [1.165, 1.54) is 22.5 Å². The molecule has 0 aliphatic carbocycles. The normalized spacial score (nSPS) is 19.8. The molecule has 1 heterocycles. The zero-order chi connectivity index (χ0) is 14.9. The molecule has 1 unspecified atom stereocenters. The maximum Gasteiger partial charge on any atom is 0.269 e. The van der Waals surface area contributed by atoms with Crippen molar-refractivity contribution >= 4 is 28.1 Å². The lowest BCUT2D eigenvalue weighted by Gasteiger charge is -2.31. The van der Waals surface area contributed by atoms with Gasteiger partial charge in [-0.2, -0.15) is 4.31 Å². The van der Waals surface area contributed by atoms with Gasteiger partial charge >= 0.3 is 0 Å². The highest BCUT2D eigenvalue weighted by molar-refractivity contribution is 7.89. The van der Waals surface area contributed by atoms with Crippen LogP contribution in [0.25, 0.3) is 0 Å². The highest BCUT2D eigenvalue weighted by atomic mass is 35.5. The molecule has 21 heavy (non-hydrogen) atoms. The van der Waals surface area contributed by atoms with Crippen LogP contribution in [0.4, 0.5) is 5.69 Å². The lowest BCUT2D eigenvalue weighted by atomic mass is 10.2. The van der Waals surface area contributed by atoms with Gasteiger partial charge in [-0.25, -0.2) is 8.42 Å². The first-order valence-corrected chi connectivity index (χ1v) is 7.75. The number of aryl methyl sites for hydroxylation is 1. The Bertz CT molecular complexity index is 635. The Balaban J connectivity index is 0.00000220. The molecule has 0 saturated carbocycles. The fourth-order valence-corrected chi connectivity index (χ4v) is 4.03. The van der Waals surface area contributed by atoms with Gasteiger partial charge in [0.15, 0.2) is 0 Å². The molecular weight excluding hydrogens is 318 g/mol. The molecule has 1 aromatic carbocycles. The molecule has 118 valence electrons. The molecule has 1 fully saturated rings. The zero-order valence-corrected chi connectivity index (χ0v) is 13.4. The van der Waals surface area contributed by atoms with Gasteiger partial charge in [0, 0.05) is 37.8 Å². The smallest absolute Gasteiger partial charge is 0.269 e. The van der Waals surface area contributed by atoms with E-state index in [1.807, 2.05) is 6.92 Å². The lowest BCUT2D eigenvalue weighted by Crippen LogP contribution is -2.51. The van der Waals surface area contributed by atoms with Crippen LogP contribution >= 0.6 is 12.4 Å². The van der Waals surface area contributed by atoms with Crippen LogP contribution in [0.5, 0.6) is 0 Å². The molecule has 1 N–H and O–H groups in total. The summed E-state index contributed by atoms with van der Waals surface area (Å²) in [6.45, 7) is 4.91. The Hall–Kier alpha value is -1.22. The molecule has 0 amide bonds. The Kier molecular flexibility index (Phi) is 5.68. The number of piperazine rings is 1. The summed E-state index contributed by atoms with van der Waals surface area (Å²) in [5.41, 5.74) is 0.292. The molecular formula is C12H18ClN3O4S. The predicted molar refractivity (Wildman–Crippen MR) is 81.3 cm³/mol. The lowest BCUT2D eigenvalue weighted by molar-refractivity contribution is -0.385. The molecule has 0 bridgehead atoms. The number of sulfonamides is 1. The summed E-state index contributed by atoms with van der Waals surface area (Å²) < 4.78 is 26.5. The van der Waals surface area contributed by atoms with Gasteiger partial charge in [-0.05, 0) is 25.5 Å². The summed E-state index contributed by atoms with van der Waals surface area (Å²) in [7, 11) is -3.60. The fourth-order valence-electron chi connectivity index (χ4n) is 2.29. The van der Waals surface area contributed by atoms with Gasteiger partial charge in [-0.15, -0.1) is 12.4 Å². The molecule has 9 heteroatoms. The van der Waals surface area contributed by atoms with E-state index in [-0.39, 0.29) is 29.0 Å². The Morgan fingerprint density at radius 1 is 1.43 bits per heavy atom. The number of nitro benzene ring substituents is 1. The van der Waals surface area contributed by atoms with E-state index in [4.69, 9.17) is 0 Å². The molecule has 0 spiro atoms. The minimum Gasteiger partial charge on any atom is -0.312 e. The molecule has 0 aromatic heterocycles. The van der Waals surface area contributed by atoms with Crippen molar-refractivity contribution in [3.8, 4) is 0 Å². The van der Waals surface area contributed by atoms with Gasteiger partial charge in [-0.3, -0.25) is 10.1 Å². The van der Waals surface area contributed by atoms with Crippen molar-refractivity contribution in [2.75, 3.05) is 19.6 Å². The first kappa shape index (κ1) is 17.8. The second-order valence-electron chi connectivity index (χ2n) is 4.93. The third kappa shape index (κ3) is 3.70. The third-order valence-corrected chi connectivity index (χ3v) is 5.34. The van der Waals surface area contributed by atoms with Crippen LogP contribution in [0.3, 0.4) is 0 Å². The maximum atomic E-state index is 12.6. The van der Waals surface area contributed by atoms with Crippen molar-refractivity contribution in [2.24, 2.45) is 0 Å². The largest absolute Gasteiger partial charge is 0.312 e.